The summed E-state index contributed by atoms with van der Waals surface area (Å²) in [6, 6.07) is 5.82. The maximum Gasteiger partial charge on any atom is 0.127 e. The van der Waals surface area contributed by atoms with Crippen LogP contribution in [0.3, 0.4) is 0 Å². The average molecular weight is 218 g/mol. The fourth-order valence-corrected chi connectivity index (χ4v) is 1.79. The molecule has 0 fully saturated rings. The highest BCUT2D eigenvalue weighted by Crippen LogP contribution is 2.23. The highest BCUT2D eigenvalue weighted by Gasteiger charge is 2.00. The lowest BCUT2D eigenvalue weighted by Gasteiger charge is -2.02. The first-order chi connectivity index (χ1) is 7.38. The molecule has 0 saturated carbocycles. The Bertz CT molecular complexity index is 432. The van der Waals surface area contributed by atoms with Gasteiger partial charge in [0, 0.05) is 19.4 Å². The van der Waals surface area contributed by atoms with Crippen LogP contribution in [-0.2, 0) is 0 Å². The minimum absolute atomic E-state index is 0.846. The molecule has 0 aliphatic rings. The van der Waals surface area contributed by atoms with E-state index in [1.54, 1.807) is 18.6 Å². The molecular formula is C10H10N4S. The van der Waals surface area contributed by atoms with Crippen molar-refractivity contribution in [2.24, 2.45) is 0 Å². The molecule has 0 aliphatic heterocycles. The summed E-state index contributed by atoms with van der Waals surface area (Å²) in [5.74, 6) is 0.851. The predicted molar refractivity (Wildman–Crippen MR) is 59.9 cm³/mol. The summed E-state index contributed by atoms with van der Waals surface area (Å²) in [5, 5.41) is 4.74. The van der Waals surface area contributed by atoms with E-state index in [2.05, 4.69) is 20.3 Å². The van der Waals surface area contributed by atoms with Gasteiger partial charge in [0.05, 0.1) is 6.20 Å². The van der Waals surface area contributed by atoms with Gasteiger partial charge in [0.1, 0.15) is 15.9 Å². The first-order valence-corrected chi connectivity index (χ1v) is 5.29. The van der Waals surface area contributed by atoms with Crippen molar-refractivity contribution in [3.63, 3.8) is 0 Å². The Labute approximate surface area is 92.2 Å². The number of hydrogen-bond donors (Lipinski definition) is 1. The van der Waals surface area contributed by atoms with E-state index in [0.717, 1.165) is 15.9 Å². The number of nitrogens with one attached hydrogen (secondary N) is 1. The number of nitrogens with zero attached hydrogens (tertiary/aromatic N) is 3. The van der Waals surface area contributed by atoms with Crippen LogP contribution in [0.15, 0.2) is 46.8 Å². The molecule has 0 amide bonds. The van der Waals surface area contributed by atoms with Gasteiger partial charge in [0.15, 0.2) is 0 Å². The van der Waals surface area contributed by atoms with Crippen LogP contribution in [0.1, 0.15) is 0 Å². The zero-order chi connectivity index (χ0) is 10.5. The van der Waals surface area contributed by atoms with Gasteiger partial charge in [-0.05, 0) is 23.9 Å². The molecule has 0 aromatic carbocycles. The van der Waals surface area contributed by atoms with Crippen LogP contribution < -0.4 is 5.32 Å². The molecule has 0 radical (unpaired) electrons. The second-order valence-corrected chi connectivity index (χ2v) is 3.80. The molecule has 76 valence electrons. The molecule has 2 aromatic rings. The predicted octanol–water partition coefficient (Wildman–Crippen LogP) is 2.06. The Morgan fingerprint density at radius 3 is 2.87 bits per heavy atom. The van der Waals surface area contributed by atoms with E-state index in [-0.39, 0.29) is 0 Å². The summed E-state index contributed by atoms with van der Waals surface area (Å²) in [6.07, 6.45) is 5.05. The van der Waals surface area contributed by atoms with Crippen molar-refractivity contribution in [2.75, 3.05) is 12.4 Å². The Kier molecular flexibility index (Phi) is 3.14. The van der Waals surface area contributed by atoms with E-state index in [1.807, 2.05) is 25.2 Å². The summed E-state index contributed by atoms with van der Waals surface area (Å²) in [4.78, 5) is 12.5. The molecule has 0 aliphatic carbocycles. The third kappa shape index (κ3) is 2.66. The van der Waals surface area contributed by atoms with Gasteiger partial charge in [-0.25, -0.2) is 9.97 Å². The van der Waals surface area contributed by atoms with E-state index in [4.69, 9.17) is 0 Å². The van der Waals surface area contributed by atoms with E-state index in [1.165, 1.54) is 11.8 Å². The quantitative estimate of drug-likeness (QED) is 0.854. The van der Waals surface area contributed by atoms with E-state index in [9.17, 15) is 0 Å². The Balaban J connectivity index is 2.17. The maximum absolute atomic E-state index is 4.37. The molecule has 5 heteroatoms. The molecule has 2 heterocycles. The van der Waals surface area contributed by atoms with E-state index < -0.39 is 0 Å². The van der Waals surface area contributed by atoms with Gasteiger partial charge >= 0.3 is 0 Å². The number of pyridine rings is 1. The maximum atomic E-state index is 4.37. The van der Waals surface area contributed by atoms with Crippen LogP contribution >= 0.6 is 11.8 Å². The molecule has 0 saturated heterocycles. The standard InChI is InChI=1S/C10H10N4S/c1-11-8-3-2-4-9(14-8)15-10-7-12-5-6-13-10/h2-7H,1H3,(H,11,14). The zero-order valence-corrected chi connectivity index (χ0v) is 9.03. The molecule has 0 spiro atoms. The van der Waals surface area contributed by atoms with Crippen LogP contribution in [0.2, 0.25) is 0 Å². The zero-order valence-electron chi connectivity index (χ0n) is 8.21. The molecule has 1 N–H and O–H groups in total. The molecule has 0 unspecified atom stereocenters. The molecule has 0 bridgehead atoms. The minimum Gasteiger partial charge on any atom is -0.373 e. The first-order valence-electron chi connectivity index (χ1n) is 4.47. The first kappa shape index (κ1) is 9.92. The fraction of sp³-hybridized carbons (Fsp3) is 0.100. The monoisotopic (exact) mass is 218 g/mol. The van der Waals surface area contributed by atoms with Crippen LogP contribution in [0.5, 0.6) is 0 Å². The Morgan fingerprint density at radius 2 is 2.13 bits per heavy atom. The highest BCUT2D eigenvalue weighted by molar-refractivity contribution is 7.99. The van der Waals surface area contributed by atoms with Gasteiger partial charge < -0.3 is 5.32 Å². The smallest absolute Gasteiger partial charge is 0.127 e. The lowest BCUT2D eigenvalue weighted by atomic mass is 10.5. The second kappa shape index (κ2) is 4.75. The normalized spacial score (nSPS) is 9.93. The summed E-state index contributed by atoms with van der Waals surface area (Å²) < 4.78 is 0. The minimum atomic E-state index is 0.846. The third-order valence-electron chi connectivity index (χ3n) is 1.73. The van der Waals surface area contributed by atoms with Crippen LogP contribution in [0, 0.1) is 0 Å². The lowest BCUT2D eigenvalue weighted by Crippen LogP contribution is -1.92. The summed E-state index contributed by atoms with van der Waals surface area (Å²) in [7, 11) is 1.85. The second-order valence-electron chi connectivity index (χ2n) is 2.76. The highest BCUT2D eigenvalue weighted by atomic mass is 32.2. The molecular weight excluding hydrogens is 208 g/mol. The number of aromatic nitrogens is 3. The van der Waals surface area contributed by atoms with Crippen molar-refractivity contribution in [3.8, 4) is 0 Å². The van der Waals surface area contributed by atoms with Gasteiger partial charge in [-0.1, -0.05) is 6.07 Å². The SMILES string of the molecule is CNc1cccc(Sc2cnccn2)n1. The van der Waals surface area contributed by atoms with Gasteiger partial charge in [-0.15, -0.1) is 0 Å². The molecule has 15 heavy (non-hydrogen) atoms. The van der Waals surface area contributed by atoms with Crippen molar-refractivity contribution >= 4 is 17.6 Å². The summed E-state index contributed by atoms with van der Waals surface area (Å²) in [5.41, 5.74) is 0. The van der Waals surface area contributed by atoms with Gasteiger partial charge in [-0.2, -0.15) is 0 Å². The van der Waals surface area contributed by atoms with Gasteiger partial charge in [-0.3, -0.25) is 4.98 Å². The fourth-order valence-electron chi connectivity index (χ4n) is 1.06. The third-order valence-corrected chi connectivity index (χ3v) is 2.58. The Hall–Kier alpha value is -1.62. The van der Waals surface area contributed by atoms with Crippen molar-refractivity contribution in [1.29, 1.82) is 0 Å². The number of rotatable bonds is 3. The molecule has 2 rings (SSSR count). The van der Waals surface area contributed by atoms with Crippen molar-refractivity contribution in [2.45, 2.75) is 10.1 Å². The summed E-state index contributed by atoms with van der Waals surface area (Å²) in [6.45, 7) is 0. The lowest BCUT2D eigenvalue weighted by molar-refractivity contribution is 1.04. The largest absolute Gasteiger partial charge is 0.373 e. The summed E-state index contributed by atoms with van der Waals surface area (Å²) >= 11 is 1.49. The number of hydrogen-bond acceptors (Lipinski definition) is 5. The molecule has 2 aromatic heterocycles. The van der Waals surface area contributed by atoms with Gasteiger partial charge in [0.25, 0.3) is 0 Å². The van der Waals surface area contributed by atoms with Crippen LogP contribution in [0.4, 0.5) is 5.82 Å². The Morgan fingerprint density at radius 1 is 1.20 bits per heavy atom. The average Bonchev–Trinajstić information content (AvgIpc) is 2.31. The van der Waals surface area contributed by atoms with E-state index >= 15 is 0 Å². The number of anilines is 1. The topological polar surface area (TPSA) is 50.7 Å². The van der Waals surface area contributed by atoms with E-state index in [0.29, 0.717) is 0 Å². The molecule has 0 atom stereocenters. The van der Waals surface area contributed by atoms with Gasteiger partial charge in [0.2, 0.25) is 0 Å². The van der Waals surface area contributed by atoms with Crippen molar-refractivity contribution < 1.29 is 0 Å². The van der Waals surface area contributed by atoms with Crippen LogP contribution in [0.25, 0.3) is 0 Å². The molecule has 4 nitrogen and oxygen atoms in total. The van der Waals surface area contributed by atoms with Crippen molar-refractivity contribution in [1.82, 2.24) is 15.0 Å². The van der Waals surface area contributed by atoms with Crippen molar-refractivity contribution in [3.05, 3.63) is 36.8 Å². The van der Waals surface area contributed by atoms with Crippen LogP contribution in [-0.4, -0.2) is 22.0 Å².